The van der Waals surface area contributed by atoms with Gasteiger partial charge in [-0.1, -0.05) is 12.5 Å². The number of ether oxygens (including phenoxy) is 2. The molecular weight excluding hydrogens is 406 g/mol. The van der Waals surface area contributed by atoms with E-state index >= 15 is 0 Å². The molecular formula is C21H25N3O5S. The molecule has 0 unspecified atom stereocenters. The lowest BCUT2D eigenvalue weighted by atomic mass is 10.1. The van der Waals surface area contributed by atoms with Crippen LogP contribution in [0.3, 0.4) is 0 Å². The third kappa shape index (κ3) is 5.29. The number of anilines is 1. The largest absolute Gasteiger partial charge is 0.497 e. The fourth-order valence-electron chi connectivity index (χ4n) is 3.10. The highest BCUT2D eigenvalue weighted by atomic mass is 32.2. The molecule has 0 bridgehead atoms. The summed E-state index contributed by atoms with van der Waals surface area (Å²) in [7, 11) is -0.830. The van der Waals surface area contributed by atoms with E-state index in [-0.39, 0.29) is 10.5 Å². The van der Waals surface area contributed by atoms with E-state index in [0.29, 0.717) is 36.0 Å². The number of benzene rings is 2. The molecule has 2 aromatic rings. The zero-order valence-electron chi connectivity index (χ0n) is 17.0. The van der Waals surface area contributed by atoms with Gasteiger partial charge in [0.1, 0.15) is 17.3 Å². The zero-order chi connectivity index (χ0) is 21.6. The molecule has 1 aliphatic heterocycles. The highest BCUT2D eigenvalue weighted by molar-refractivity contribution is 7.90. The molecule has 2 aromatic carbocycles. The van der Waals surface area contributed by atoms with Crippen LogP contribution in [0.2, 0.25) is 0 Å². The van der Waals surface area contributed by atoms with Crippen LogP contribution < -0.4 is 19.5 Å². The van der Waals surface area contributed by atoms with Gasteiger partial charge in [-0.3, -0.25) is 14.5 Å². The van der Waals surface area contributed by atoms with Crippen molar-refractivity contribution >= 4 is 27.5 Å². The maximum atomic E-state index is 12.8. The second kappa shape index (κ2) is 9.62. The van der Waals surface area contributed by atoms with Gasteiger partial charge in [0.25, 0.3) is 15.9 Å². The summed E-state index contributed by atoms with van der Waals surface area (Å²) in [4.78, 5) is 17.1. The number of hydrogen-bond donors (Lipinski definition) is 2. The van der Waals surface area contributed by atoms with Crippen LogP contribution in [-0.4, -0.2) is 40.9 Å². The zero-order valence-corrected chi connectivity index (χ0v) is 17.8. The Morgan fingerprint density at radius 1 is 1.03 bits per heavy atom. The number of amidine groups is 1. The minimum absolute atomic E-state index is 0.0462. The summed E-state index contributed by atoms with van der Waals surface area (Å²) < 4.78 is 38.5. The van der Waals surface area contributed by atoms with Crippen LogP contribution in [0.15, 0.2) is 52.4 Å². The van der Waals surface area contributed by atoms with Crippen LogP contribution in [0.4, 0.5) is 5.69 Å². The predicted molar refractivity (Wildman–Crippen MR) is 115 cm³/mol. The van der Waals surface area contributed by atoms with Crippen LogP contribution in [0.25, 0.3) is 0 Å². The molecule has 8 nitrogen and oxygen atoms in total. The summed E-state index contributed by atoms with van der Waals surface area (Å²) >= 11 is 0. The number of amides is 1. The molecule has 0 saturated carbocycles. The molecule has 30 heavy (non-hydrogen) atoms. The summed E-state index contributed by atoms with van der Waals surface area (Å²) in [5, 5.41) is 2.71. The van der Waals surface area contributed by atoms with Gasteiger partial charge in [-0.2, -0.15) is 0 Å². The molecule has 0 fully saturated rings. The normalized spacial score (nSPS) is 14.3. The van der Waals surface area contributed by atoms with E-state index in [2.05, 4.69) is 15.0 Å². The van der Waals surface area contributed by atoms with E-state index in [9.17, 15) is 13.2 Å². The minimum Gasteiger partial charge on any atom is -0.497 e. The topological polar surface area (TPSA) is 106 Å². The molecule has 0 radical (unpaired) electrons. The van der Waals surface area contributed by atoms with Crippen molar-refractivity contribution in [3.05, 3.63) is 48.0 Å². The fraction of sp³-hybridized carbons (Fsp3) is 0.333. The molecule has 0 atom stereocenters. The van der Waals surface area contributed by atoms with Crippen LogP contribution in [0.1, 0.15) is 36.0 Å². The molecule has 0 saturated heterocycles. The number of hydrogen-bond acceptors (Lipinski definition) is 6. The number of nitrogens with one attached hydrogen (secondary N) is 2. The van der Waals surface area contributed by atoms with Crippen LogP contribution in [0.5, 0.6) is 11.5 Å². The average molecular weight is 432 g/mol. The Labute approximate surface area is 176 Å². The molecule has 1 amide bonds. The quantitative estimate of drug-likeness (QED) is 0.731. The Morgan fingerprint density at radius 2 is 1.87 bits per heavy atom. The van der Waals surface area contributed by atoms with Crippen molar-refractivity contribution in [3.63, 3.8) is 0 Å². The lowest BCUT2D eigenvalue weighted by Gasteiger charge is -2.13. The van der Waals surface area contributed by atoms with Gasteiger partial charge in [-0.05, 0) is 49.2 Å². The molecule has 0 spiro atoms. The fourth-order valence-corrected chi connectivity index (χ4v) is 4.24. The van der Waals surface area contributed by atoms with E-state index in [1.807, 2.05) is 0 Å². The van der Waals surface area contributed by atoms with Gasteiger partial charge >= 0.3 is 0 Å². The molecule has 2 N–H and O–H groups in total. The summed E-state index contributed by atoms with van der Waals surface area (Å²) in [6.45, 7) is 0.621. The monoisotopic (exact) mass is 431 g/mol. The first-order valence-corrected chi connectivity index (χ1v) is 11.1. The number of carbonyl (C=O) groups excluding carboxylic acids is 1. The molecule has 3 rings (SSSR count). The summed E-state index contributed by atoms with van der Waals surface area (Å²) in [5.41, 5.74) is 0.617. The first kappa shape index (κ1) is 21.6. The SMILES string of the molecule is COc1ccc(OC)c(C(=O)Nc2cccc(S(=O)(=O)NC3=NCCCCC3)c2)c1. The van der Waals surface area contributed by atoms with Crippen LogP contribution in [-0.2, 0) is 10.0 Å². The average Bonchev–Trinajstić information content (AvgIpc) is 3.01. The minimum atomic E-state index is -3.80. The Morgan fingerprint density at radius 3 is 2.63 bits per heavy atom. The van der Waals surface area contributed by atoms with E-state index in [1.165, 1.54) is 26.4 Å². The van der Waals surface area contributed by atoms with Gasteiger partial charge in [0.2, 0.25) is 0 Å². The van der Waals surface area contributed by atoms with Crippen LogP contribution >= 0.6 is 0 Å². The van der Waals surface area contributed by atoms with Crippen molar-refractivity contribution in [2.24, 2.45) is 4.99 Å². The van der Waals surface area contributed by atoms with E-state index < -0.39 is 15.9 Å². The highest BCUT2D eigenvalue weighted by Crippen LogP contribution is 2.25. The molecule has 160 valence electrons. The van der Waals surface area contributed by atoms with Crippen molar-refractivity contribution in [1.82, 2.24) is 4.72 Å². The molecule has 1 aliphatic rings. The van der Waals surface area contributed by atoms with Gasteiger partial charge in [0, 0.05) is 18.7 Å². The van der Waals surface area contributed by atoms with Crippen molar-refractivity contribution < 1.29 is 22.7 Å². The van der Waals surface area contributed by atoms with Crippen molar-refractivity contribution in [2.45, 2.75) is 30.6 Å². The molecule has 9 heteroatoms. The molecule has 0 aliphatic carbocycles. The number of sulfonamides is 1. The summed E-state index contributed by atoms with van der Waals surface area (Å²) in [6.07, 6.45) is 3.50. The number of rotatable bonds is 6. The Balaban J connectivity index is 1.80. The van der Waals surface area contributed by atoms with Crippen molar-refractivity contribution in [3.8, 4) is 11.5 Å². The van der Waals surface area contributed by atoms with Crippen molar-refractivity contribution in [1.29, 1.82) is 0 Å². The smallest absolute Gasteiger partial charge is 0.262 e. The van der Waals surface area contributed by atoms with Gasteiger partial charge in [0.05, 0.1) is 24.7 Å². The summed E-state index contributed by atoms with van der Waals surface area (Å²) in [5.74, 6) is 0.917. The third-order valence-corrected chi connectivity index (χ3v) is 6.06. The Kier molecular flexibility index (Phi) is 6.94. The van der Waals surface area contributed by atoms with E-state index in [0.717, 1.165) is 19.3 Å². The van der Waals surface area contributed by atoms with Crippen LogP contribution in [0, 0.1) is 0 Å². The second-order valence-electron chi connectivity index (χ2n) is 6.79. The lowest BCUT2D eigenvalue weighted by molar-refractivity contribution is 0.102. The maximum absolute atomic E-state index is 12.8. The number of nitrogens with zero attached hydrogens (tertiary/aromatic N) is 1. The number of aliphatic imine (C=N–C) groups is 1. The standard InChI is InChI=1S/C21H25N3O5S/c1-28-16-10-11-19(29-2)18(14-16)21(25)23-15-7-6-8-17(13-15)30(26,27)24-20-9-4-3-5-12-22-20/h6-8,10-11,13-14H,3-5,9,12H2,1-2H3,(H,22,24)(H,23,25). The Bertz CT molecular complexity index is 1050. The second-order valence-corrected chi connectivity index (χ2v) is 8.48. The summed E-state index contributed by atoms with van der Waals surface area (Å²) in [6, 6.07) is 10.9. The maximum Gasteiger partial charge on any atom is 0.262 e. The number of methoxy groups -OCH3 is 2. The van der Waals surface area contributed by atoms with Gasteiger partial charge in [-0.25, -0.2) is 8.42 Å². The van der Waals surface area contributed by atoms with Gasteiger partial charge < -0.3 is 14.8 Å². The third-order valence-electron chi connectivity index (χ3n) is 4.68. The van der Waals surface area contributed by atoms with E-state index in [1.54, 1.807) is 30.3 Å². The van der Waals surface area contributed by atoms with Gasteiger partial charge in [0.15, 0.2) is 0 Å². The lowest BCUT2D eigenvalue weighted by Crippen LogP contribution is -2.30. The Hall–Kier alpha value is -3.07. The first-order valence-electron chi connectivity index (χ1n) is 9.62. The first-order chi connectivity index (χ1) is 14.4. The predicted octanol–water partition coefficient (Wildman–Crippen LogP) is 3.21. The van der Waals surface area contributed by atoms with E-state index in [4.69, 9.17) is 9.47 Å². The highest BCUT2D eigenvalue weighted by Gasteiger charge is 2.19. The van der Waals surface area contributed by atoms with Gasteiger partial charge in [-0.15, -0.1) is 0 Å². The number of carbonyl (C=O) groups is 1. The van der Waals surface area contributed by atoms with Crippen molar-refractivity contribution in [2.75, 3.05) is 26.1 Å². The molecule has 1 heterocycles. The molecule has 0 aromatic heterocycles.